The van der Waals surface area contributed by atoms with Crippen LogP contribution in [-0.4, -0.2) is 35.5 Å². The first kappa shape index (κ1) is 15.8. The number of Topliss-reactive ketones (excluding diaryl/α,β-unsaturated/α-hetero) is 1. The first-order valence-electron chi connectivity index (χ1n) is 7.58. The third-order valence-electron chi connectivity index (χ3n) is 4.51. The highest BCUT2D eigenvalue weighted by Crippen LogP contribution is 2.50. The Hall–Kier alpha value is -1.57. The summed E-state index contributed by atoms with van der Waals surface area (Å²) in [5.74, 6) is 0.580. The second-order valence-electron chi connectivity index (χ2n) is 7.46. The monoisotopic (exact) mass is 292 g/mol. The van der Waals surface area contributed by atoms with E-state index >= 15 is 0 Å². The van der Waals surface area contributed by atoms with Crippen LogP contribution in [0.3, 0.4) is 0 Å². The number of rotatable bonds is 1. The molecule has 2 atom stereocenters. The van der Waals surface area contributed by atoms with Crippen molar-refractivity contribution in [3.63, 3.8) is 0 Å². The Labute approximate surface area is 126 Å². The van der Waals surface area contributed by atoms with Gasteiger partial charge in [-0.25, -0.2) is 4.79 Å². The van der Waals surface area contributed by atoms with Gasteiger partial charge in [0.25, 0.3) is 0 Å². The molecule has 1 saturated heterocycles. The predicted molar refractivity (Wildman–Crippen MR) is 77.4 cm³/mol. The maximum Gasteiger partial charge on any atom is 0.410 e. The van der Waals surface area contributed by atoms with Gasteiger partial charge >= 0.3 is 6.09 Å². The Morgan fingerprint density at radius 2 is 2.05 bits per heavy atom. The molecule has 2 unspecified atom stereocenters. The van der Waals surface area contributed by atoms with Gasteiger partial charge < -0.3 is 9.64 Å². The number of nitrogens with zero attached hydrogens (tertiary/aromatic N) is 2. The minimum atomic E-state index is -0.495. The first-order chi connectivity index (χ1) is 9.67. The quantitative estimate of drug-likeness (QED) is 0.745. The van der Waals surface area contributed by atoms with Gasteiger partial charge in [-0.3, -0.25) is 4.79 Å². The molecule has 0 aromatic carbocycles. The molecule has 0 aromatic rings. The molecule has 0 N–H and O–H groups in total. The third kappa shape index (κ3) is 3.20. The number of ketones is 1. The van der Waals surface area contributed by atoms with E-state index in [0.29, 0.717) is 25.9 Å². The third-order valence-corrected chi connectivity index (χ3v) is 4.51. The lowest BCUT2D eigenvalue weighted by Crippen LogP contribution is -2.52. The van der Waals surface area contributed by atoms with E-state index in [1.54, 1.807) is 4.90 Å². The van der Waals surface area contributed by atoms with E-state index in [1.807, 2.05) is 20.8 Å². The summed E-state index contributed by atoms with van der Waals surface area (Å²) in [4.78, 5) is 25.1. The van der Waals surface area contributed by atoms with Gasteiger partial charge in [0.05, 0.1) is 11.5 Å². The Kier molecular flexibility index (Phi) is 4.01. The highest BCUT2D eigenvalue weighted by molar-refractivity contribution is 5.87. The van der Waals surface area contributed by atoms with Gasteiger partial charge in [-0.2, -0.15) is 5.26 Å². The number of likely N-dealkylation sites (tertiary alicyclic amines) is 1. The number of carbonyl (C=O) groups is 2. The average molecular weight is 292 g/mol. The molecule has 5 nitrogen and oxygen atoms in total. The Morgan fingerprint density at radius 1 is 1.43 bits per heavy atom. The van der Waals surface area contributed by atoms with Crippen LogP contribution >= 0.6 is 0 Å². The lowest BCUT2D eigenvalue weighted by atomic mass is 9.56. The molecular formula is C16H24N2O3. The van der Waals surface area contributed by atoms with Gasteiger partial charge in [0.2, 0.25) is 0 Å². The van der Waals surface area contributed by atoms with Gasteiger partial charge in [0, 0.05) is 25.9 Å². The minimum absolute atomic E-state index is 0.179. The Morgan fingerprint density at radius 3 is 2.48 bits per heavy atom. The molecule has 21 heavy (non-hydrogen) atoms. The fourth-order valence-corrected chi connectivity index (χ4v) is 3.53. The predicted octanol–water partition coefficient (Wildman–Crippen LogP) is 2.75. The molecular weight excluding hydrogens is 268 g/mol. The van der Waals surface area contributed by atoms with Crippen LogP contribution in [0, 0.1) is 28.6 Å². The molecule has 0 aromatic heterocycles. The van der Waals surface area contributed by atoms with E-state index in [1.165, 1.54) is 0 Å². The van der Waals surface area contributed by atoms with Crippen LogP contribution in [-0.2, 0) is 9.53 Å². The van der Waals surface area contributed by atoms with Crippen LogP contribution in [0.15, 0.2) is 0 Å². The standard InChI is InChI=1S/C16H24N2O3/c1-11-9-18(14(20)21-15(2,3)4)6-5-13(11)16(10-17)7-12(19)8-16/h11,13H,5-9H2,1-4H3. The summed E-state index contributed by atoms with van der Waals surface area (Å²) >= 11 is 0. The summed E-state index contributed by atoms with van der Waals surface area (Å²) < 4.78 is 5.40. The van der Waals surface area contributed by atoms with Crippen LogP contribution in [0.5, 0.6) is 0 Å². The smallest absolute Gasteiger partial charge is 0.410 e. The molecule has 0 bridgehead atoms. The molecule has 1 amide bonds. The van der Waals surface area contributed by atoms with Crippen LogP contribution in [0.25, 0.3) is 0 Å². The number of carbonyl (C=O) groups excluding carboxylic acids is 2. The minimum Gasteiger partial charge on any atom is -0.444 e. The van der Waals surface area contributed by atoms with E-state index in [9.17, 15) is 14.9 Å². The van der Waals surface area contributed by atoms with Gasteiger partial charge in [-0.15, -0.1) is 0 Å². The zero-order valence-corrected chi connectivity index (χ0v) is 13.3. The largest absolute Gasteiger partial charge is 0.444 e. The maximum absolute atomic E-state index is 12.1. The molecule has 1 saturated carbocycles. The molecule has 116 valence electrons. The fourth-order valence-electron chi connectivity index (χ4n) is 3.53. The number of ether oxygens (including phenoxy) is 1. The summed E-state index contributed by atoms with van der Waals surface area (Å²) in [7, 11) is 0. The first-order valence-corrected chi connectivity index (χ1v) is 7.58. The fraction of sp³-hybridized carbons (Fsp3) is 0.812. The zero-order valence-electron chi connectivity index (χ0n) is 13.3. The van der Waals surface area contributed by atoms with Crippen molar-refractivity contribution in [1.29, 1.82) is 5.26 Å². The number of nitriles is 1. The van der Waals surface area contributed by atoms with Gasteiger partial charge in [-0.1, -0.05) is 6.92 Å². The van der Waals surface area contributed by atoms with Crippen LogP contribution in [0.1, 0.15) is 47.0 Å². The van der Waals surface area contributed by atoms with Crippen molar-refractivity contribution in [2.75, 3.05) is 13.1 Å². The second kappa shape index (κ2) is 5.32. The summed E-state index contributed by atoms with van der Waals surface area (Å²) in [5, 5.41) is 9.44. The van der Waals surface area contributed by atoms with Crippen LogP contribution in [0.2, 0.25) is 0 Å². The Bertz CT molecular complexity index is 479. The maximum atomic E-state index is 12.1. The molecule has 1 aliphatic carbocycles. The summed E-state index contributed by atoms with van der Waals surface area (Å²) in [5.41, 5.74) is -0.984. The number of hydrogen-bond acceptors (Lipinski definition) is 4. The highest BCUT2D eigenvalue weighted by atomic mass is 16.6. The van der Waals surface area contributed by atoms with Crippen LogP contribution in [0.4, 0.5) is 4.79 Å². The number of hydrogen-bond donors (Lipinski definition) is 0. The molecule has 2 rings (SSSR count). The lowest BCUT2D eigenvalue weighted by Gasteiger charge is -2.48. The normalized spacial score (nSPS) is 28.5. The van der Waals surface area contributed by atoms with E-state index < -0.39 is 11.0 Å². The van der Waals surface area contributed by atoms with E-state index in [-0.39, 0.29) is 23.7 Å². The van der Waals surface area contributed by atoms with Crippen molar-refractivity contribution in [1.82, 2.24) is 4.90 Å². The second-order valence-corrected chi connectivity index (χ2v) is 7.46. The molecule has 2 fully saturated rings. The number of amides is 1. The van der Waals surface area contributed by atoms with Gasteiger partial charge in [0.15, 0.2) is 0 Å². The summed E-state index contributed by atoms with van der Waals surface area (Å²) in [6.45, 7) is 8.81. The summed E-state index contributed by atoms with van der Waals surface area (Å²) in [6.07, 6.45) is 1.24. The van der Waals surface area contributed by atoms with E-state index in [2.05, 4.69) is 13.0 Å². The van der Waals surface area contributed by atoms with Gasteiger partial charge in [-0.05, 0) is 39.0 Å². The van der Waals surface area contributed by atoms with Crippen molar-refractivity contribution in [3.05, 3.63) is 0 Å². The molecule has 5 heteroatoms. The molecule has 2 aliphatic rings. The molecule has 0 spiro atoms. The van der Waals surface area contributed by atoms with Gasteiger partial charge in [0.1, 0.15) is 11.4 Å². The van der Waals surface area contributed by atoms with Crippen molar-refractivity contribution < 1.29 is 14.3 Å². The van der Waals surface area contributed by atoms with Crippen molar-refractivity contribution in [2.24, 2.45) is 17.3 Å². The lowest BCUT2D eigenvalue weighted by molar-refractivity contribution is -0.134. The van der Waals surface area contributed by atoms with Crippen molar-refractivity contribution in [2.45, 2.75) is 52.6 Å². The number of piperidine rings is 1. The van der Waals surface area contributed by atoms with E-state index in [0.717, 1.165) is 6.42 Å². The zero-order chi connectivity index (χ0) is 15.8. The van der Waals surface area contributed by atoms with E-state index in [4.69, 9.17) is 4.74 Å². The van der Waals surface area contributed by atoms with Crippen molar-refractivity contribution in [3.8, 4) is 6.07 Å². The average Bonchev–Trinajstić information content (AvgIpc) is 2.33. The molecule has 1 aliphatic heterocycles. The van der Waals surface area contributed by atoms with Crippen molar-refractivity contribution >= 4 is 11.9 Å². The highest BCUT2D eigenvalue weighted by Gasteiger charge is 2.52. The molecule has 0 radical (unpaired) electrons. The SMILES string of the molecule is CC1CN(C(=O)OC(C)(C)C)CCC1C1(C#N)CC(=O)C1. The topological polar surface area (TPSA) is 70.4 Å². The Balaban J connectivity index is 1.98. The summed E-state index contributed by atoms with van der Waals surface area (Å²) in [6, 6.07) is 2.37. The molecule has 1 heterocycles. The van der Waals surface area contributed by atoms with Crippen LogP contribution < -0.4 is 0 Å².